The van der Waals surface area contributed by atoms with Crippen LogP contribution in [0.4, 0.5) is 0 Å². The average Bonchev–Trinajstić information content (AvgIpc) is 2.50. The monoisotopic (exact) mass is 281 g/mol. The fraction of sp³-hybridized carbons (Fsp3) is 1.00. The molecule has 0 radical (unpaired) electrons. The summed E-state index contributed by atoms with van der Waals surface area (Å²) in [4.78, 5) is 5.22. The van der Waals surface area contributed by atoms with Crippen molar-refractivity contribution in [2.24, 2.45) is 17.6 Å². The van der Waals surface area contributed by atoms with Crippen molar-refractivity contribution < 1.29 is 0 Å². The Morgan fingerprint density at radius 3 is 2.20 bits per heavy atom. The second-order valence-electron chi connectivity index (χ2n) is 7.15. The van der Waals surface area contributed by atoms with E-state index in [4.69, 9.17) is 5.73 Å². The second kappa shape index (κ2) is 7.77. The number of likely N-dealkylation sites (tertiary alicyclic amines) is 1. The first kappa shape index (κ1) is 16.3. The molecule has 0 aromatic carbocycles. The molecule has 2 aliphatic rings. The lowest BCUT2D eigenvalue weighted by molar-refractivity contribution is 0.0607. The summed E-state index contributed by atoms with van der Waals surface area (Å²) in [7, 11) is 2.34. The fourth-order valence-electron chi connectivity index (χ4n) is 4.28. The van der Waals surface area contributed by atoms with Crippen LogP contribution in [0.2, 0.25) is 0 Å². The van der Waals surface area contributed by atoms with E-state index in [9.17, 15) is 0 Å². The molecule has 0 aromatic heterocycles. The molecule has 0 spiro atoms. The number of rotatable bonds is 5. The van der Waals surface area contributed by atoms with Crippen LogP contribution in [0.3, 0.4) is 0 Å². The third kappa shape index (κ3) is 3.96. The van der Waals surface area contributed by atoms with Gasteiger partial charge in [0.05, 0.1) is 0 Å². The Morgan fingerprint density at radius 2 is 1.70 bits per heavy atom. The van der Waals surface area contributed by atoms with E-state index in [-0.39, 0.29) is 0 Å². The van der Waals surface area contributed by atoms with E-state index >= 15 is 0 Å². The SMILES string of the molecule is CCN1CCC(N(C)C(CN)C2CCC(C)CC2)CC1. The Bertz CT molecular complexity index is 265. The summed E-state index contributed by atoms with van der Waals surface area (Å²) in [5.74, 6) is 1.77. The van der Waals surface area contributed by atoms with Crippen LogP contribution < -0.4 is 5.73 Å². The minimum Gasteiger partial charge on any atom is -0.329 e. The Balaban J connectivity index is 1.87. The molecule has 0 amide bonds. The molecule has 2 N–H and O–H groups in total. The highest BCUT2D eigenvalue weighted by Crippen LogP contribution is 2.33. The summed E-state index contributed by atoms with van der Waals surface area (Å²) in [5, 5.41) is 0. The van der Waals surface area contributed by atoms with Gasteiger partial charge in [0.25, 0.3) is 0 Å². The number of nitrogens with two attached hydrogens (primary N) is 1. The van der Waals surface area contributed by atoms with Crippen LogP contribution in [-0.2, 0) is 0 Å². The van der Waals surface area contributed by atoms with Crippen LogP contribution in [0.5, 0.6) is 0 Å². The molecule has 3 heteroatoms. The predicted molar refractivity (Wildman–Crippen MR) is 86.9 cm³/mol. The van der Waals surface area contributed by atoms with Crippen molar-refractivity contribution in [3.63, 3.8) is 0 Å². The Morgan fingerprint density at radius 1 is 1.10 bits per heavy atom. The van der Waals surface area contributed by atoms with Gasteiger partial charge in [0.2, 0.25) is 0 Å². The van der Waals surface area contributed by atoms with E-state index in [1.807, 2.05) is 0 Å². The van der Waals surface area contributed by atoms with Crippen LogP contribution in [0.15, 0.2) is 0 Å². The lowest BCUT2D eigenvalue weighted by Crippen LogP contribution is -2.52. The minimum absolute atomic E-state index is 0.612. The number of likely N-dealkylation sites (N-methyl/N-ethyl adjacent to an activating group) is 1. The van der Waals surface area contributed by atoms with Gasteiger partial charge in [-0.15, -0.1) is 0 Å². The Kier molecular flexibility index (Phi) is 6.31. The Hall–Kier alpha value is -0.120. The van der Waals surface area contributed by atoms with Gasteiger partial charge in [-0.25, -0.2) is 0 Å². The normalized spacial score (nSPS) is 31.6. The summed E-state index contributed by atoms with van der Waals surface area (Å²) in [5.41, 5.74) is 6.15. The number of hydrogen-bond donors (Lipinski definition) is 1. The zero-order chi connectivity index (χ0) is 14.5. The van der Waals surface area contributed by atoms with Crippen LogP contribution in [-0.4, -0.2) is 55.1 Å². The summed E-state index contributed by atoms with van der Waals surface area (Å²) < 4.78 is 0. The molecule has 0 bridgehead atoms. The summed E-state index contributed by atoms with van der Waals surface area (Å²) in [6, 6.07) is 1.37. The van der Waals surface area contributed by atoms with Crippen molar-refractivity contribution in [2.45, 2.75) is 64.5 Å². The maximum atomic E-state index is 6.15. The van der Waals surface area contributed by atoms with E-state index in [0.717, 1.165) is 24.4 Å². The minimum atomic E-state index is 0.612. The Labute approximate surface area is 125 Å². The van der Waals surface area contributed by atoms with Crippen LogP contribution in [0.1, 0.15) is 52.4 Å². The van der Waals surface area contributed by atoms with Gasteiger partial charge in [0, 0.05) is 18.6 Å². The first-order valence-corrected chi connectivity index (χ1v) is 8.80. The van der Waals surface area contributed by atoms with Gasteiger partial charge >= 0.3 is 0 Å². The topological polar surface area (TPSA) is 32.5 Å². The zero-order valence-electron chi connectivity index (χ0n) is 13.9. The third-order valence-corrected chi connectivity index (χ3v) is 5.95. The van der Waals surface area contributed by atoms with Gasteiger partial charge in [-0.2, -0.15) is 0 Å². The first-order valence-electron chi connectivity index (χ1n) is 8.80. The van der Waals surface area contributed by atoms with Crippen molar-refractivity contribution in [1.82, 2.24) is 9.80 Å². The standard InChI is InChI=1S/C17H35N3/c1-4-20-11-9-16(10-12-20)19(3)17(13-18)15-7-5-14(2)6-8-15/h14-17H,4-13,18H2,1-3H3. The smallest absolute Gasteiger partial charge is 0.0246 e. The fourth-order valence-corrected chi connectivity index (χ4v) is 4.28. The maximum absolute atomic E-state index is 6.15. The van der Waals surface area contributed by atoms with Gasteiger partial charge in [0.1, 0.15) is 0 Å². The van der Waals surface area contributed by atoms with Crippen molar-refractivity contribution in [3.05, 3.63) is 0 Å². The molecule has 1 aliphatic heterocycles. The molecule has 1 unspecified atom stereocenters. The van der Waals surface area contributed by atoms with Crippen molar-refractivity contribution in [2.75, 3.05) is 33.2 Å². The van der Waals surface area contributed by atoms with Gasteiger partial charge in [-0.05, 0) is 64.2 Å². The zero-order valence-corrected chi connectivity index (χ0v) is 13.9. The van der Waals surface area contributed by atoms with Crippen LogP contribution in [0, 0.1) is 11.8 Å². The molecule has 1 atom stereocenters. The van der Waals surface area contributed by atoms with Gasteiger partial charge in [0.15, 0.2) is 0 Å². The molecular formula is C17H35N3. The number of hydrogen-bond acceptors (Lipinski definition) is 3. The van der Waals surface area contributed by atoms with Gasteiger partial charge < -0.3 is 10.6 Å². The second-order valence-corrected chi connectivity index (χ2v) is 7.15. The summed E-state index contributed by atoms with van der Waals surface area (Å²) >= 11 is 0. The van der Waals surface area contributed by atoms with E-state index < -0.39 is 0 Å². The van der Waals surface area contributed by atoms with Crippen molar-refractivity contribution in [3.8, 4) is 0 Å². The van der Waals surface area contributed by atoms with E-state index in [2.05, 4.69) is 30.7 Å². The third-order valence-electron chi connectivity index (χ3n) is 5.95. The van der Waals surface area contributed by atoms with Gasteiger partial charge in [-0.1, -0.05) is 26.7 Å². The molecule has 1 heterocycles. The van der Waals surface area contributed by atoms with E-state index in [1.54, 1.807) is 0 Å². The molecule has 1 saturated heterocycles. The molecule has 2 fully saturated rings. The highest BCUT2D eigenvalue weighted by Gasteiger charge is 2.32. The predicted octanol–water partition coefficient (Wildman–Crippen LogP) is 2.56. The highest BCUT2D eigenvalue weighted by atomic mass is 15.2. The average molecular weight is 281 g/mol. The largest absolute Gasteiger partial charge is 0.329 e. The van der Waals surface area contributed by atoms with Crippen LogP contribution in [0.25, 0.3) is 0 Å². The number of piperidine rings is 1. The number of nitrogens with zero attached hydrogens (tertiary/aromatic N) is 2. The van der Waals surface area contributed by atoms with Gasteiger partial charge in [-0.3, -0.25) is 4.90 Å². The molecule has 1 saturated carbocycles. The highest BCUT2D eigenvalue weighted by molar-refractivity contribution is 4.87. The molecule has 1 aliphatic carbocycles. The van der Waals surface area contributed by atoms with Crippen molar-refractivity contribution >= 4 is 0 Å². The lowest BCUT2D eigenvalue weighted by Gasteiger charge is -2.44. The summed E-state index contributed by atoms with van der Waals surface area (Å²) in [6.45, 7) is 9.25. The maximum Gasteiger partial charge on any atom is 0.0246 e. The lowest BCUT2D eigenvalue weighted by atomic mass is 9.78. The summed E-state index contributed by atoms with van der Waals surface area (Å²) in [6.07, 6.45) is 8.24. The first-order chi connectivity index (χ1) is 9.65. The van der Waals surface area contributed by atoms with Crippen LogP contribution >= 0.6 is 0 Å². The molecule has 2 rings (SSSR count). The molecule has 3 nitrogen and oxygen atoms in total. The molecule has 118 valence electrons. The van der Waals surface area contributed by atoms with E-state index in [0.29, 0.717) is 6.04 Å². The molecular weight excluding hydrogens is 246 g/mol. The molecule has 20 heavy (non-hydrogen) atoms. The van der Waals surface area contributed by atoms with Crippen molar-refractivity contribution in [1.29, 1.82) is 0 Å². The molecule has 0 aromatic rings. The quantitative estimate of drug-likeness (QED) is 0.840. The van der Waals surface area contributed by atoms with E-state index in [1.165, 1.54) is 58.2 Å².